The molecule has 0 saturated heterocycles. The van der Waals surface area contributed by atoms with E-state index in [4.69, 9.17) is 36.7 Å². The van der Waals surface area contributed by atoms with Gasteiger partial charge in [-0.25, -0.2) is 9.59 Å². The summed E-state index contributed by atoms with van der Waals surface area (Å²) in [4.78, 5) is 61.9. The summed E-state index contributed by atoms with van der Waals surface area (Å²) in [5.41, 5.74) is 10.3. The van der Waals surface area contributed by atoms with E-state index in [-0.39, 0.29) is 19.4 Å². The molecule has 15 nitrogen and oxygen atoms in total. The summed E-state index contributed by atoms with van der Waals surface area (Å²) in [5.74, 6) is -4.57. The van der Waals surface area contributed by atoms with Crippen LogP contribution in [0.3, 0.4) is 0 Å². The van der Waals surface area contributed by atoms with Crippen molar-refractivity contribution >= 4 is 35.8 Å². The summed E-state index contributed by atoms with van der Waals surface area (Å²) >= 11 is 0. The molecule has 0 aliphatic heterocycles. The number of aliphatic carboxylic acids is 4. The molecule has 0 heterocycles. The van der Waals surface area contributed by atoms with Gasteiger partial charge in [0.05, 0.1) is 0 Å². The Bertz CT molecular complexity index is 593. The Kier molecular flexibility index (Phi) is 20.6. The van der Waals surface area contributed by atoms with Gasteiger partial charge >= 0.3 is 23.9 Å². The van der Waals surface area contributed by atoms with E-state index in [0.29, 0.717) is 12.8 Å². The monoisotopic (exact) mass is 453 g/mol. The summed E-state index contributed by atoms with van der Waals surface area (Å²) in [6.45, 7) is 2.35. The van der Waals surface area contributed by atoms with Gasteiger partial charge in [0.2, 0.25) is 0 Å². The number of urea groups is 1. The fourth-order valence-electron chi connectivity index (χ4n) is 1.43. The Balaban J connectivity index is -0.000000728. The van der Waals surface area contributed by atoms with Gasteiger partial charge in [-0.3, -0.25) is 19.2 Å². The average molecular weight is 453 g/mol. The molecule has 0 aromatic heterocycles. The number of carbonyl (C=O) groups is 6. The predicted octanol–water partition coefficient (Wildman–Crippen LogP) is -2.07. The fraction of sp³-hybridized carbons (Fsp3) is 0.625. The Morgan fingerprint density at radius 1 is 0.871 bits per heavy atom. The van der Waals surface area contributed by atoms with E-state index in [1.54, 1.807) is 6.92 Å². The summed E-state index contributed by atoms with van der Waals surface area (Å²) in [6.07, 6.45) is 0.128. The van der Waals surface area contributed by atoms with Crippen molar-refractivity contribution in [2.45, 2.75) is 51.7 Å². The van der Waals surface area contributed by atoms with Gasteiger partial charge in [-0.05, 0) is 19.3 Å². The lowest BCUT2D eigenvalue weighted by atomic mass is 10.1. The summed E-state index contributed by atoms with van der Waals surface area (Å²) < 4.78 is 0. The first-order valence-electron chi connectivity index (χ1n) is 8.93. The van der Waals surface area contributed by atoms with E-state index in [2.05, 4.69) is 10.6 Å². The van der Waals surface area contributed by atoms with Crippen LogP contribution in [0, 0.1) is 0 Å². The maximum absolute atomic E-state index is 11.3. The van der Waals surface area contributed by atoms with Gasteiger partial charge in [-0.15, -0.1) is 0 Å². The van der Waals surface area contributed by atoms with Crippen LogP contribution in [0.1, 0.15) is 39.5 Å². The van der Waals surface area contributed by atoms with Gasteiger partial charge in [0.1, 0.15) is 18.8 Å². The number of nitrogens with one attached hydrogen (secondary N) is 3. The standard InChI is InChI=1S/C11H21N5O6.C3H6O2.C2H4O2/c12-8(13)9(19)14-4-2-1-3-6(10(20)21)16-11(22)15-5-7(17)18;1-2-3(4)5;1-2(3)4/h6,8H,1-5,12-13H2,(H,14,19)(H,17,18)(H,20,21)(H2,15,16,22);2H2,1H3,(H,4,5);1H3,(H,3,4). The lowest BCUT2D eigenvalue weighted by Gasteiger charge is -2.14. The van der Waals surface area contributed by atoms with E-state index in [1.807, 2.05) is 5.32 Å². The molecule has 11 N–H and O–H groups in total. The molecule has 0 aliphatic carbocycles. The highest BCUT2D eigenvalue weighted by molar-refractivity contribution is 5.84. The first kappa shape index (κ1) is 32.2. The highest BCUT2D eigenvalue weighted by Crippen LogP contribution is 2.01. The van der Waals surface area contributed by atoms with Crippen molar-refractivity contribution in [1.29, 1.82) is 0 Å². The average Bonchev–Trinajstić information content (AvgIpc) is 2.64. The number of hydrogen-bond acceptors (Lipinski definition) is 8. The normalized spacial score (nSPS) is 10.2. The molecule has 0 spiro atoms. The zero-order valence-electron chi connectivity index (χ0n) is 17.3. The number of hydrogen-bond donors (Lipinski definition) is 9. The van der Waals surface area contributed by atoms with Gasteiger partial charge in [-0.1, -0.05) is 6.92 Å². The van der Waals surface area contributed by atoms with Crippen molar-refractivity contribution in [1.82, 2.24) is 16.0 Å². The molecule has 1 atom stereocenters. The van der Waals surface area contributed by atoms with Crippen LogP contribution in [0.5, 0.6) is 0 Å². The van der Waals surface area contributed by atoms with Gasteiger partial charge in [0, 0.05) is 19.9 Å². The molecule has 0 saturated carbocycles. The van der Waals surface area contributed by atoms with Crippen LogP contribution >= 0.6 is 0 Å². The minimum Gasteiger partial charge on any atom is -0.481 e. The molecule has 3 amide bonds. The fourth-order valence-corrected chi connectivity index (χ4v) is 1.43. The molecule has 0 aromatic rings. The molecule has 15 heteroatoms. The van der Waals surface area contributed by atoms with Gasteiger partial charge < -0.3 is 47.8 Å². The van der Waals surface area contributed by atoms with Gasteiger partial charge in [0.25, 0.3) is 11.9 Å². The zero-order valence-corrected chi connectivity index (χ0v) is 17.3. The highest BCUT2D eigenvalue weighted by atomic mass is 16.4. The third-order valence-corrected chi connectivity index (χ3v) is 2.83. The van der Waals surface area contributed by atoms with Gasteiger partial charge in [0.15, 0.2) is 0 Å². The van der Waals surface area contributed by atoms with E-state index < -0.39 is 54.6 Å². The maximum atomic E-state index is 11.3. The smallest absolute Gasteiger partial charge is 0.326 e. The molecule has 1 unspecified atom stereocenters. The summed E-state index contributed by atoms with van der Waals surface area (Å²) in [6, 6.07) is -2.03. The SMILES string of the molecule is CC(=O)O.CCC(=O)O.NC(N)C(=O)NCCCCC(NC(=O)NCC(=O)O)C(=O)O. The third-order valence-electron chi connectivity index (χ3n) is 2.83. The van der Waals surface area contributed by atoms with Crippen molar-refractivity contribution in [3.63, 3.8) is 0 Å². The van der Waals surface area contributed by atoms with Crippen molar-refractivity contribution in [3.8, 4) is 0 Å². The van der Waals surface area contributed by atoms with Crippen LogP contribution < -0.4 is 27.4 Å². The van der Waals surface area contributed by atoms with Crippen molar-refractivity contribution in [2.24, 2.45) is 11.5 Å². The van der Waals surface area contributed by atoms with Crippen LogP contribution in [-0.2, 0) is 24.0 Å². The van der Waals surface area contributed by atoms with Crippen LogP contribution in [0.25, 0.3) is 0 Å². The predicted molar refractivity (Wildman–Crippen MR) is 106 cm³/mol. The second-order valence-corrected chi connectivity index (χ2v) is 5.69. The van der Waals surface area contributed by atoms with Crippen molar-refractivity contribution in [3.05, 3.63) is 0 Å². The number of amides is 3. The molecular weight excluding hydrogens is 422 g/mol. The minimum absolute atomic E-state index is 0.125. The molecule has 0 aliphatic rings. The van der Waals surface area contributed by atoms with Crippen LogP contribution in [-0.4, -0.2) is 81.5 Å². The maximum Gasteiger partial charge on any atom is 0.326 e. The molecule has 0 radical (unpaired) electrons. The van der Waals surface area contributed by atoms with Crippen LogP contribution in [0.2, 0.25) is 0 Å². The van der Waals surface area contributed by atoms with Crippen molar-refractivity contribution in [2.75, 3.05) is 13.1 Å². The molecule has 0 fully saturated rings. The first-order valence-corrected chi connectivity index (χ1v) is 8.93. The number of nitrogens with two attached hydrogens (primary N) is 2. The number of carboxylic acids is 4. The Hall–Kier alpha value is -3.46. The number of carboxylic acid groups (broad SMARTS) is 4. The van der Waals surface area contributed by atoms with Gasteiger partial charge in [-0.2, -0.15) is 0 Å². The Morgan fingerprint density at radius 2 is 1.35 bits per heavy atom. The van der Waals surface area contributed by atoms with Crippen LogP contribution in [0.15, 0.2) is 0 Å². The topological polar surface area (TPSA) is 271 Å². The zero-order chi connectivity index (χ0) is 25.0. The Labute approximate surface area is 178 Å². The van der Waals surface area contributed by atoms with E-state index >= 15 is 0 Å². The summed E-state index contributed by atoms with van der Waals surface area (Å²) in [7, 11) is 0. The molecule has 0 rings (SSSR count). The number of carbonyl (C=O) groups excluding carboxylic acids is 2. The quantitative estimate of drug-likeness (QED) is 0.120. The summed E-state index contributed by atoms with van der Waals surface area (Å²) in [5, 5.41) is 39.1. The van der Waals surface area contributed by atoms with Crippen molar-refractivity contribution < 1.29 is 49.2 Å². The Morgan fingerprint density at radius 3 is 1.71 bits per heavy atom. The second-order valence-electron chi connectivity index (χ2n) is 5.69. The third kappa shape index (κ3) is 28.8. The second kappa shape index (κ2) is 19.8. The lowest BCUT2D eigenvalue weighted by Crippen LogP contribution is -2.47. The molecular formula is C16H31N5O10. The lowest BCUT2D eigenvalue weighted by molar-refractivity contribution is -0.139. The molecule has 0 aromatic carbocycles. The number of unbranched alkanes of at least 4 members (excludes halogenated alkanes) is 1. The highest BCUT2D eigenvalue weighted by Gasteiger charge is 2.19. The van der Waals surface area contributed by atoms with E-state index in [0.717, 1.165) is 6.92 Å². The largest absolute Gasteiger partial charge is 0.481 e. The van der Waals surface area contributed by atoms with E-state index in [9.17, 15) is 24.0 Å². The molecule has 31 heavy (non-hydrogen) atoms. The minimum atomic E-state index is -1.24. The van der Waals surface area contributed by atoms with E-state index in [1.165, 1.54) is 0 Å². The van der Waals surface area contributed by atoms with Crippen LogP contribution in [0.4, 0.5) is 4.79 Å². The molecule has 180 valence electrons. The number of rotatable bonds is 11. The first-order chi connectivity index (χ1) is 14.2. The molecule has 0 bridgehead atoms.